The van der Waals surface area contributed by atoms with Gasteiger partial charge in [0.25, 0.3) is 0 Å². The number of amides is 1. The summed E-state index contributed by atoms with van der Waals surface area (Å²) in [5.41, 5.74) is 0. The SMILES string of the molecule is CC(C)CCN(CCC(C)C)C(=O)CCCCl. The van der Waals surface area contributed by atoms with Crippen molar-refractivity contribution in [3.8, 4) is 0 Å². The van der Waals surface area contributed by atoms with Crippen molar-refractivity contribution in [2.75, 3.05) is 19.0 Å². The molecule has 17 heavy (non-hydrogen) atoms. The highest BCUT2D eigenvalue weighted by molar-refractivity contribution is 6.17. The van der Waals surface area contributed by atoms with Crippen molar-refractivity contribution in [3.63, 3.8) is 0 Å². The van der Waals surface area contributed by atoms with Gasteiger partial charge in [0.05, 0.1) is 0 Å². The Balaban J connectivity index is 4.12. The van der Waals surface area contributed by atoms with E-state index in [0.717, 1.165) is 32.4 Å². The van der Waals surface area contributed by atoms with Gasteiger partial charge >= 0.3 is 0 Å². The topological polar surface area (TPSA) is 20.3 Å². The molecule has 0 heterocycles. The monoisotopic (exact) mass is 261 g/mol. The predicted octanol–water partition coefficient (Wildman–Crippen LogP) is 3.93. The van der Waals surface area contributed by atoms with Gasteiger partial charge in [0, 0.05) is 25.4 Å². The van der Waals surface area contributed by atoms with E-state index in [1.54, 1.807) is 0 Å². The van der Waals surface area contributed by atoms with Gasteiger partial charge in [0.15, 0.2) is 0 Å². The summed E-state index contributed by atoms with van der Waals surface area (Å²) in [4.78, 5) is 14.0. The lowest BCUT2D eigenvalue weighted by atomic mass is 10.1. The Labute approximate surface area is 112 Å². The lowest BCUT2D eigenvalue weighted by molar-refractivity contribution is -0.131. The van der Waals surface area contributed by atoms with Crippen LogP contribution in [0.5, 0.6) is 0 Å². The van der Waals surface area contributed by atoms with E-state index in [1.165, 1.54) is 0 Å². The highest BCUT2D eigenvalue weighted by Gasteiger charge is 2.13. The zero-order chi connectivity index (χ0) is 13.3. The maximum absolute atomic E-state index is 12.0. The Morgan fingerprint density at radius 3 is 1.88 bits per heavy atom. The van der Waals surface area contributed by atoms with Gasteiger partial charge in [-0.05, 0) is 31.1 Å². The molecule has 2 nitrogen and oxygen atoms in total. The van der Waals surface area contributed by atoms with Gasteiger partial charge in [-0.2, -0.15) is 0 Å². The van der Waals surface area contributed by atoms with Gasteiger partial charge in [-0.3, -0.25) is 4.79 Å². The molecule has 0 saturated heterocycles. The zero-order valence-corrected chi connectivity index (χ0v) is 12.6. The van der Waals surface area contributed by atoms with Crippen LogP contribution in [0.25, 0.3) is 0 Å². The molecule has 0 radical (unpaired) electrons. The number of hydrogen-bond acceptors (Lipinski definition) is 1. The molecule has 0 aliphatic carbocycles. The highest BCUT2D eigenvalue weighted by Crippen LogP contribution is 2.09. The van der Waals surface area contributed by atoms with Crippen LogP contribution >= 0.6 is 11.6 Å². The Morgan fingerprint density at radius 2 is 1.53 bits per heavy atom. The number of nitrogens with zero attached hydrogens (tertiary/aromatic N) is 1. The van der Waals surface area contributed by atoms with E-state index in [-0.39, 0.29) is 5.91 Å². The Bertz CT molecular complexity index is 192. The van der Waals surface area contributed by atoms with Crippen molar-refractivity contribution in [2.24, 2.45) is 11.8 Å². The van der Waals surface area contributed by atoms with E-state index in [1.807, 2.05) is 4.90 Å². The molecule has 3 heteroatoms. The first-order valence-electron chi connectivity index (χ1n) is 6.81. The second-order valence-corrected chi connectivity index (χ2v) is 5.92. The number of rotatable bonds is 9. The molecule has 0 aliphatic rings. The zero-order valence-electron chi connectivity index (χ0n) is 11.8. The summed E-state index contributed by atoms with van der Waals surface area (Å²) in [5, 5.41) is 0. The fourth-order valence-corrected chi connectivity index (χ4v) is 1.70. The molecule has 102 valence electrons. The maximum Gasteiger partial charge on any atom is 0.222 e. The summed E-state index contributed by atoms with van der Waals surface area (Å²) in [6.45, 7) is 10.6. The van der Waals surface area contributed by atoms with Gasteiger partial charge in [-0.25, -0.2) is 0 Å². The predicted molar refractivity (Wildman–Crippen MR) is 75.4 cm³/mol. The first-order valence-corrected chi connectivity index (χ1v) is 7.34. The van der Waals surface area contributed by atoms with Crippen molar-refractivity contribution >= 4 is 17.5 Å². The Kier molecular flexibility index (Phi) is 9.62. The fraction of sp³-hybridized carbons (Fsp3) is 0.929. The minimum absolute atomic E-state index is 0.270. The van der Waals surface area contributed by atoms with Gasteiger partial charge in [0.1, 0.15) is 0 Å². The van der Waals surface area contributed by atoms with Crippen LogP contribution in [0.3, 0.4) is 0 Å². The first kappa shape index (κ1) is 16.8. The van der Waals surface area contributed by atoms with E-state index in [2.05, 4.69) is 27.7 Å². The Hall–Kier alpha value is -0.240. The van der Waals surface area contributed by atoms with Gasteiger partial charge in [-0.15, -0.1) is 11.6 Å². The Morgan fingerprint density at radius 1 is 1.06 bits per heavy atom. The number of carbonyl (C=O) groups excluding carboxylic acids is 1. The van der Waals surface area contributed by atoms with Crippen molar-refractivity contribution < 1.29 is 4.79 Å². The lowest BCUT2D eigenvalue weighted by Crippen LogP contribution is -2.34. The highest BCUT2D eigenvalue weighted by atomic mass is 35.5. The van der Waals surface area contributed by atoms with Crippen LogP contribution < -0.4 is 0 Å². The third kappa shape index (κ3) is 9.46. The fourth-order valence-electron chi connectivity index (χ4n) is 1.57. The summed E-state index contributed by atoms with van der Waals surface area (Å²) in [6.07, 6.45) is 3.56. The number of hydrogen-bond donors (Lipinski definition) is 0. The largest absolute Gasteiger partial charge is 0.343 e. The molecule has 0 aliphatic heterocycles. The lowest BCUT2D eigenvalue weighted by Gasteiger charge is -2.24. The molecule has 0 N–H and O–H groups in total. The van der Waals surface area contributed by atoms with Crippen LogP contribution in [0.4, 0.5) is 0 Å². The summed E-state index contributed by atoms with van der Waals surface area (Å²) in [5.74, 6) is 2.15. The molecule has 0 atom stereocenters. The maximum atomic E-state index is 12.0. The second kappa shape index (κ2) is 9.76. The summed E-state index contributed by atoms with van der Waals surface area (Å²) in [7, 11) is 0. The molecule has 1 amide bonds. The van der Waals surface area contributed by atoms with Gasteiger partial charge in [-0.1, -0.05) is 27.7 Å². The molecular weight excluding hydrogens is 234 g/mol. The third-order valence-corrected chi connectivity index (χ3v) is 3.10. The molecule has 0 bridgehead atoms. The van der Waals surface area contributed by atoms with Crippen LogP contribution in [0, 0.1) is 11.8 Å². The molecule has 0 aromatic carbocycles. The number of halogens is 1. The van der Waals surface area contributed by atoms with E-state index < -0.39 is 0 Å². The van der Waals surface area contributed by atoms with Gasteiger partial charge < -0.3 is 4.90 Å². The number of carbonyl (C=O) groups is 1. The standard InChI is InChI=1S/C14H28ClNO/c1-12(2)7-10-16(11-8-13(3)4)14(17)6-5-9-15/h12-13H,5-11H2,1-4H3. The quantitative estimate of drug-likeness (QED) is 0.576. The van der Waals surface area contributed by atoms with Crippen molar-refractivity contribution in [1.29, 1.82) is 0 Å². The smallest absolute Gasteiger partial charge is 0.222 e. The first-order chi connectivity index (χ1) is 7.97. The molecule has 0 spiro atoms. The van der Waals surface area contributed by atoms with Crippen LogP contribution in [-0.4, -0.2) is 29.8 Å². The van der Waals surface area contributed by atoms with E-state index in [4.69, 9.17) is 11.6 Å². The van der Waals surface area contributed by atoms with E-state index >= 15 is 0 Å². The molecule has 0 aromatic heterocycles. The van der Waals surface area contributed by atoms with E-state index in [0.29, 0.717) is 24.1 Å². The van der Waals surface area contributed by atoms with Crippen molar-refractivity contribution in [1.82, 2.24) is 4.90 Å². The minimum Gasteiger partial charge on any atom is -0.343 e. The van der Waals surface area contributed by atoms with Crippen molar-refractivity contribution in [3.05, 3.63) is 0 Å². The van der Waals surface area contributed by atoms with Crippen molar-refractivity contribution in [2.45, 2.75) is 53.4 Å². The third-order valence-electron chi connectivity index (χ3n) is 2.83. The van der Waals surface area contributed by atoms with E-state index in [9.17, 15) is 4.79 Å². The summed E-state index contributed by atoms with van der Waals surface area (Å²) >= 11 is 5.63. The molecular formula is C14H28ClNO. The van der Waals surface area contributed by atoms with Crippen LogP contribution in [-0.2, 0) is 4.79 Å². The molecule has 0 saturated carbocycles. The normalized spacial score (nSPS) is 11.2. The number of alkyl halides is 1. The van der Waals surface area contributed by atoms with Crippen LogP contribution in [0.1, 0.15) is 53.4 Å². The summed E-state index contributed by atoms with van der Waals surface area (Å²) in [6, 6.07) is 0. The average Bonchev–Trinajstić information content (AvgIpc) is 2.25. The average molecular weight is 262 g/mol. The second-order valence-electron chi connectivity index (χ2n) is 5.54. The molecule has 0 aromatic rings. The van der Waals surface area contributed by atoms with Gasteiger partial charge in [0.2, 0.25) is 5.91 Å². The molecule has 0 fully saturated rings. The summed E-state index contributed by atoms with van der Waals surface area (Å²) < 4.78 is 0. The molecule has 0 rings (SSSR count). The molecule has 0 unspecified atom stereocenters. The van der Waals surface area contributed by atoms with Crippen LogP contribution in [0.2, 0.25) is 0 Å². The minimum atomic E-state index is 0.270. The van der Waals surface area contributed by atoms with Crippen LogP contribution in [0.15, 0.2) is 0 Å².